The van der Waals surface area contributed by atoms with E-state index in [0.717, 1.165) is 43.9 Å². The molecule has 166 valence electrons. The van der Waals surface area contributed by atoms with Crippen LogP contribution in [-0.2, 0) is 13.1 Å². The van der Waals surface area contributed by atoms with E-state index < -0.39 is 0 Å². The van der Waals surface area contributed by atoms with Crippen molar-refractivity contribution >= 4 is 11.6 Å². The second kappa shape index (κ2) is 9.96. The van der Waals surface area contributed by atoms with Gasteiger partial charge >= 0.3 is 0 Å². The first kappa shape index (κ1) is 22.0. The highest BCUT2D eigenvalue weighted by Crippen LogP contribution is 2.21. The molecule has 1 saturated heterocycles. The van der Waals surface area contributed by atoms with Crippen molar-refractivity contribution < 1.29 is 9.18 Å². The Kier molecular flexibility index (Phi) is 6.86. The molecule has 4 rings (SSSR count). The molecule has 5 heteroatoms. The van der Waals surface area contributed by atoms with Crippen LogP contribution in [0.5, 0.6) is 0 Å². The van der Waals surface area contributed by atoms with Gasteiger partial charge in [0.15, 0.2) is 0 Å². The molecule has 0 bridgehead atoms. The molecule has 3 aromatic carbocycles. The van der Waals surface area contributed by atoms with E-state index in [1.807, 2.05) is 18.2 Å². The minimum Gasteiger partial charge on any atom is -0.369 e. The van der Waals surface area contributed by atoms with Crippen molar-refractivity contribution in [2.45, 2.75) is 26.9 Å². The first-order valence-electron chi connectivity index (χ1n) is 11.1. The van der Waals surface area contributed by atoms with Crippen molar-refractivity contribution in [3.8, 4) is 0 Å². The number of aryl methyl sites for hydroxylation is 2. The zero-order chi connectivity index (χ0) is 22.5. The summed E-state index contributed by atoms with van der Waals surface area (Å²) in [5.41, 5.74) is 6.62. The summed E-state index contributed by atoms with van der Waals surface area (Å²) >= 11 is 0. The summed E-state index contributed by atoms with van der Waals surface area (Å²) in [6.45, 7) is 9.51. The molecular weight excluding hydrogens is 401 g/mol. The number of halogens is 1. The van der Waals surface area contributed by atoms with E-state index in [-0.39, 0.29) is 11.7 Å². The number of hydrogen-bond acceptors (Lipinski definition) is 3. The molecule has 0 saturated carbocycles. The highest BCUT2D eigenvalue weighted by atomic mass is 19.1. The number of hydrogen-bond donors (Lipinski definition) is 1. The zero-order valence-corrected chi connectivity index (χ0v) is 18.8. The largest absolute Gasteiger partial charge is 0.369 e. The third kappa shape index (κ3) is 5.54. The van der Waals surface area contributed by atoms with Crippen LogP contribution in [0.15, 0.2) is 66.7 Å². The van der Waals surface area contributed by atoms with Crippen molar-refractivity contribution in [2.75, 3.05) is 31.1 Å². The Bertz CT molecular complexity index is 1070. The van der Waals surface area contributed by atoms with Gasteiger partial charge in [0, 0.05) is 50.5 Å². The van der Waals surface area contributed by atoms with Crippen LogP contribution < -0.4 is 10.2 Å². The number of carbonyl (C=O) groups excluding carboxylic acids is 1. The summed E-state index contributed by atoms with van der Waals surface area (Å²) in [5.74, 6) is -0.390. The van der Waals surface area contributed by atoms with E-state index in [9.17, 15) is 9.18 Å². The molecule has 0 aromatic heterocycles. The number of piperazine rings is 1. The van der Waals surface area contributed by atoms with Crippen LogP contribution in [0.3, 0.4) is 0 Å². The molecule has 1 N–H and O–H groups in total. The van der Waals surface area contributed by atoms with Gasteiger partial charge in [0.2, 0.25) is 0 Å². The van der Waals surface area contributed by atoms with Gasteiger partial charge in [-0.25, -0.2) is 4.39 Å². The van der Waals surface area contributed by atoms with Gasteiger partial charge in [-0.15, -0.1) is 0 Å². The fraction of sp³-hybridized carbons (Fsp3) is 0.296. The lowest BCUT2D eigenvalue weighted by Crippen LogP contribution is -2.46. The highest BCUT2D eigenvalue weighted by Gasteiger charge is 2.18. The average Bonchev–Trinajstić information content (AvgIpc) is 2.81. The van der Waals surface area contributed by atoms with E-state index >= 15 is 0 Å². The normalized spacial score (nSPS) is 14.4. The highest BCUT2D eigenvalue weighted by molar-refractivity contribution is 5.94. The summed E-state index contributed by atoms with van der Waals surface area (Å²) in [4.78, 5) is 17.5. The third-order valence-electron chi connectivity index (χ3n) is 6.19. The molecule has 0 spiro atoms. The van der Waals surface area contributed by atoms with E-state index in [1.54, 1.807) is 12.1 Å². The predicted molar refractivity (Wildman–Crippen MR) is 127 cm³/mol. The fourth-order valence-electron chi connectivity index (χ4n) is 4.04. The zero-order valence-electron chi connectivity index (χ0n) is 18.8. The molecule has 0 radical (unpaired) electrons. The van der Waals surface area contributed by atoms with Crippen LogP contribution in [0.25, 0.3) is 0 Å². The Morgan fingerprint density at radius 2 is 1.62 bits per heavy atom. The monoisotopic (exact) mass is 431 g/mol. The molecule has 4 nitrogen and oxygen atoms in total. The van der Waals surface area contributed by atoms with Gasteiger partial charge in [-0.3, -0.25) is 9.69 Å². The van der Waals surface area contributed by atoms with Crippen molar-refractivity contribution in [1.82, 2.24) is 10.2 Å². The van der Waals surface area contributed by atoms with Crippen LogP contribution in [0.4, 0.5) is 10.1 Å². The van der Waals surface area contributed by atoms with Crippen LogP contribution in [0.2, 0.25) is 0 Å². The van der Waals surface area contributed by atoms with E-state index in [4.69, 9.17) is 0 Å². The lowest BCUT2D eigenvalue weighted by molar-refractivity contribution is 0.0950. The molecule has 1 aliphatic rings. The maximum atomic E-state index is 13.0. The molecule has 0 unspecified atom stereocenters. The number of amides is 1. The van der Waals surface area contributed by atoms with Gasteiger partial charge in [0.25, 0.3) is 5.91 Å². The molecular formula is C27H30FN3O. The standard InChI is InChI=1S/C27H30FN3O/c1-20-6-11-26(16-21(20)2)31-14-12-30(13-15-31)19-23-4-3-5-24(17-23)27(32)29-18-22-7-9-25(28)10-8-22/h3-11,16-17H,12-15,18-19H2,1-2H3,(H,29,32). The Morgan fingerprint density at radius 3 is 2.34 bits per heavy atom. The first-order valence-corrected chi connectivity index (χ1v) is 11.1. The molecule has 1 amide bonds. The van der Waals surface area contributed by atoms with E-state index in [1.165, 1.54) is 28.9 Å². The smallest absolute Gasteiger partial charge is 0.251 e. The molecule has 1 fully saturated rings. The lowest BCUT2D eigenvalue weighted by atomic mass is 10.1. The number of nitrogens with zero attached hydrogens (tertiary/aromatic N) is 2. The van der Waals surface area contributed by atoms with Gasteiger partial charge < -0.3 is 10.2 Å². The number of anilines is 1. The van der Waals surface area contributed by atoms with Gasteiger partial charge in [0.05, 0.1) is 0 Å². The molecule has 1 heterocycles. The number of nitrogens with one attached hydrogen (secondary N) is 1. The van der Waals surface area contributed by atoms with Gasteiger partial charge in [-0.2, -0.15) is 0 Å². The fourth-order valence-corrected chi connectivity index (χ4v) is 4.04. The summed E-state index contributed by atoms with van der Waals surface area (Å²) < 4.78 is 13.0. The Labute approximate surface area is 189 Å². The second-order valence-corrected chi connectivity index (χ2v) is 8.54. The van der Waals surface area contributed by atoms with Crippen LogP contribution in [-0.4, -0.2) is 37.0 Å². The predicted octanol–water partition coefficient (Wildman–Crippen LogP) is 4.69. The summed E-state index contributed by atoms with van der Waals surface area (Å²) in [5, 5.41) is 2.92. The van der Waals surface area contributed by atoms with Crippen LogP contribution in [0.1, 0.15) is 32.6 Å². The second-order valence-electron chi connectivity index (χ2n) is 8.54. The topological polar surface area (TPSA) is 35.6 Å². The number of rotatable bonds is 6. The molecule has 0 atom stereocenters. The van der Waals surface area contributed by atoms with E-state index in [2.05, 4.69) is 53.2 Å². The summed E-state index contributed by atoms with van der Waals surface area (Å²) in [6, 6.07) is 20.7. The van der Waals surface area contributed by atoms with Crippen molar-refractivity contribution in [1.29, 1.82) is 0 Å². The number of benzene rings is 3. The Hall–Kier alpha value is -3.18. The SMILES string of the molecule is Cc1ccc(N2CCN(Cc3cccc(C(=O)NCc4ccc(F)cc4)c3)CC2)cc1C. The first-order chi connectivity index (χ1) is 15.5. The summed E-state index contributed by atoms with van der Waals surface area (Å²) in [6.07, 6.45) is 0. The minimum atomic E-state index is -0.275. The van der Waals surface area contributed by atoms with Crippen molar-refractivity contribution in [2.24, 2.45) is 0 Å². The molecule has 1 aliphatic heterocycles. The Morgan fingerprint density at radius 1 is 0.875 bits per heavy atom. The third-order valence-corrected chi connectivity index (χ3v) is 6.19. The van der Waals surface area contributed by atoms with Gasteiger partial charge in [-0.05, 0) is 72.5 Å². The molecule has 32 heavy (non-hydrogen) atoms. The Balaban J connectivity index is 1.30. The van der Waals surface area contributed by atoms with Crippen LogP contribution in [0, 0.1) is 19.7 Å². The molecule has 0 aliphatic carbocycles. The van der Waals surface area contributed by atoms with Gasteiger partial charge in [-0.1, -0.05) is 30.3 Å². The summed E-state index contributed by atoms with van der Waals surface area (Å²) in [7, 11) is 0. The van der Waals surface area contributed by atoms with Crippen LogP contribution >= 0.6 is 0 Å². The average molecular weight is 432 g/mol. The minimum absolute atomic E-state index is 0.115. The van der Waals surface area contributed by atoms with Crippen molar-refractivity contribution in [3.05, 3.63) is 100 Å². The number of carbonyl (C=O) groups is 1. The van der Waals surface area contributed by atoms with Gasteiger partial charge in [0.1, 0.15) is 5.82 Å². The van der Waals surface area contributed by atoms with Crippen molar-refractivity contribution in [3.63, 3.8) is 0 Å². The maximum absolute atomic E-state index is 13.0. The van der Waals surface area contributed by atoms with E-state index in [0.29, 0.717) is 12.1 Å². The lowest BCUT2D eigenvalue weighted by Gasteiger charge is -2.36. The molecule has 3 aromatic rings. The quantitative estimate of drug-likeness (QED) is 0.615. The maximum Gasteiger partial charge on any atom is 0.251 e.